The van der Waals surface area contributed by atoms with Gasteiger partial charge in [0.2, 0.25) is 0 Å². The van der Waals surface area contributed by atoms with Crippen molar-refractivity contribution in [3.63, 3.8) is 0 Å². The minimum atomic E-state index is -2.05. The van der Waals surface area contributed by atoms with Crippen molar-refractivity contribution in [1.82, 2.24) is 0 Å². The molecule has 2 aromatic rings. The predicted molar refractivity (Wildman–Crippen MR) is 71.0 cm³/mol. The molecule has 1 atom stereocenters. The molecule has 0 spiro atoms. The zero-order valence-electron chi connectivity index (χ0n) is 10.7. The molecule has 3 rings (SSSR count). The second-order valence-electron chi connectivity index (χ2n) is 4.56. The van der Waals surface area contributed by atoms with E-state index in [2.05, 4.69) is 5.32 Å². The standard InChI is InChI=1S/C15H12FNO3/c1-20-9-6-7-12(16)11(8-9)15(19)10-4-2-3-5-13(10)17-14(15)18/h2-8,19H,1H3,(H,17,18). The zero-order chi connectivity index (χ0) is 14.3. The monoisotopic (exact) mass is 273 g/mol. The number of carbonyl (C=O) groups excluding carboxylic acids is 1. The Morgan fingerprint density at radius 1 is 1.20 bits per heavy atom. The number of anilines is 1. The van der Waals surface area contributed by atoms with Crippen molar-refractivity contribution in [2.24, 2.45) is 0 Å². The van der Waals surface area contributed by atoms with E-state index >= 15 is 0 Å². The fourth-order valence-electron chi connectivity index (χ4n) is 2.42. The van der Waals surface area contributed by atoms with Gasteiger partial charge in [0.05, 0.1) is 7.11 Å². The van der Waals surface area contributed by atoms with Gasteiger partial charge in [0.1, 0.15) is 11.6 Å². The highest BCUT2D eigenvalue weighted by molar-refractivity contribution is 6.07. The summed E-state index contributed by atoms with van der Waals surface area (Å²) in [6.45, 7) is 0. The number of halogens is 1. The van der Waals surface area contributed by atoms with Gasteiger partial charge in [-0.2, -0.15) is 0 Å². The van der Waals surface area contributed by atoms with Crippen LogP contribution in [0.5, 0.6) is 5.75 Å². The molecule has 0 saturated heterocycles. The van der Waals surface area contributed by atoms with Gasteiger partial charge in [-0.25, -0.2) is 4.39 Å². The summed E-state index contributed by atoms with van der Waals surface area (Å²) in [5.41, 5.74) is -1.37. The number of methoxy groups -OCH3 is 1. The molecule has 0 radical (unpaired) electrons. The largest absolute Gasteiger partial charge is 0.497 e. The summed E-state index contributed by atoms with van der Waals surface area (Å²) in [5, 5.41) is 13.3. The number of amides is 1. The van der Waals surface area contributed by atoms with Crippen molar-refractivity contribution in [3.8, 4) is 5.75 Å². The summed E-state index contributed by atoms with van der Waals surface area (Å²) in [7, 11) is 1.43. The van der Waals surface area contributed by atoms with E-state index < -0.39 is 17.3 Å². The minimum Gasteiger partial charge on any atom is -0.497 e. The van der Waals surface area contributed by atoms with Crippen LogP contribution >= 0.6 is 0 Å². The molecule has 0 bridgehead atoms. The van der Waals surface area contributed by atoms with Gasteiger partial charge in [0, 0.05) is 16.8 Å². The summed E-state index contributed by atoms with van der Waals surface area (Å²) in [6.07, 6.45) is 0. The number of benzene rings is 2. The molecule has 1 aliphatic rings. The quantitative estimate of drug-likeness (QED) is 0.880. The van der Waals surface area contributed by atoms with Gasteiger partial charge >= 0.3 is 0 Å². The number of ether oxygens (including phenoxy) is 1. The predicted octanol–water partition coefficient (Wildman–Crippen LogP) is 2.02. The summed E-state index contributed by atoms with van der Waals surface area (Å²) in [6, 6.07) is 10.6. The summed E-state index contributed by atoms with van der Waals surface area (Å²) >= 11 is 0. The molecule has 0 fully saturated rings. The van der Waals surface area contributed by atoms with Crippen LogP contribution in [-0.4, -0.2) is 18.1 Å². The highest BCUT2D eigenvalue weighted by atomic mass is 19.1. The molecule has 2 N–H and O–H groups in total. The van der Waals surface area contributed by atoms with Crippen molar-refractivity contribution in [2.45, 2.75) is 5.60 Å². The fraction of sp³-hybridized carbons (Fsp3) is 0.133. The van der Waals surface area contributed by atoms with E-state index in [0.29, 0.717) is 17.0 Å². The van der Waals surface area contributed by atoms with Gasteiger partial charge in [-0.15, -0.1) is 0 Å². The molecule has 0 aliphatic carbocycles. The van der Waals surface area contributed by atoms with Crippen LogP contribution in [0.2, 0.25) is 0 Å². The van der Waals surface area contributed by atoms with Gasteiger partial charge in [0.15, 0.2) is 5.60 Å². The number of carbonyl (C=O) groups is 1. The molecule has 2 aromatic carbocycles. The fourth-order valence-corrected chi connectivity index (χ4v) is 2.42. The molecule has 102 valence electrons. The Labute approximate surface area is 114 Å². The van der Waals surface area contributed by atoms with Crippen molar-refractivity contribution in [1.29, 1.82) is 0 Å². The van der Waals surface area contributed by atoms with E-state index in [4.69, 9.17) is 4.74 Å². The Balaban J connectivity index is 2.25. The Bertz CT molecular complexity index is 701. The third-order valence-electron chi connectivity index (χ3n) is 3.46. The Morgan fingerprint density at radius 2 is 1.95 bits per heavy atom. The number of hydrogen-bond acceptors (Lipinski definition) is 3. The zero-order valence-corrected chi connectivity index (χ0v) is 10.7. The molecule has 1 heterocycles. The van der Waals surface area contributed by atoms with Crippen LogP contribution in [0, 0.1) is 5.82 Å². The lowest BCUT2D eigenvalue weighted by Crippen LogP contribution is -2.36. The van der Waals surface area contributed by atoms with Crippen molar-refractivity contribution >= 4 is 11.6 Å². The maximum absolute atomic E-state index is 14.1. The summed E-state index contributed by atoms with van der Waals surface area (Å²) in [5.74, 6) is -0.974. The minimum absolute atomic E-state index is 0.126. The lowest BCUT2D eigenvalue weighted by Gasteiger charge is -2.22. The molecule has 1 unspecified atom stereocenters. The Hall–Kier alpha value is -2.40. The number of fused-ring (bicyclic) bond motifs is 1. The van der Waals surface area contributed by atoms with E-state index in [-0.39, 0.29) is 5.56 Å². The lowest BCUT2D eigenvalue weighted by molar-refractivity contribution is -0.129. The normalized spacial score (nSPS) is 20.4. The molecule has 4 nitrogen and oxygen atoms in total. The second-order valence-corrected chi connectivity index (χ2v) is 4.56. The van der Waals surface area contributed by atoms with E-state index in [1.807, 2.05) is 0 Å². The Kier molecular flexibility index (Phi) is 2.72. The lowest BCUT2D eigenvalue weighted by atomic mass is 9.87. The number of para-hydroxylation sites is 1. The van der Waals surface area contributed by atoms with Crippen molar-refractivity contribution in [3.05, 3.63) is 59.4 Å². The van der Waals surface area contributed by atoms with Crippen molar-refractivity contribution < 1.29 is 19.0 Å². The topological polar surface area (TPSA) is 58.6 Å². The van der Waals surface area contributed by atoms with E-state index in [9.17, 15) is 14.3 Å². The van der Waals surface area contributed by atoms with Gasteiger partial charge in [0.25, 0.3) is 5.91 Å². The molecule has 0 saturated carbocycles. The van der Waals surface area contributed by atoms with E-state index in [0.717, 1.165) is 0 Å². The maximum Gasteiger partial charge on any atom is 0.265 e. The maximum atomic E-state index is 14.1. The van der Waals surface area contributed by atoms with Crippen LogP contribution in [0.15, 0.2) is 42.5 Å². The molecule has 1 aliphatic heterocycles. The third-order valence-corrected chi connectivity index (χ3v) is 3.46. The molecule has 20 heavy (non-hydrogen) atoms. The number of aliphatic hydroxyl groups is 1. The average Bonchev–Trinajstić information content (AvgIpc) is 2.72. The first-order chi connectivity index (χ1) is 9.57. The summed E-state index contributed by atoms with van der Waals surface area (Å²) < 4.78 is 19.1. The van der Waals surface area contributed by atoms with Gasteiger partial charge in [-0.1, -0.05) is 18.2 Å². The van der Waals surface area contributed by atoms with Crippen LogP contribution in [0.1, 0.15) is 11.1 Å². The number of nitrogens with one attached hydrogen (secondary N) is 1. The Morgan fingerprint density at radius 3 is 2.70 bits per heavy atom. The number of hydrogen-bond donors (Lipinski definition) is 2. The highest BCUT2D eigenvalue weighted by Crippen LogP contribution is 2.42. The van der Waals surface area contributed by atoms with Gasteiger partial charge in [-0.05, 0) is 24.3 Å². The molecular weight excluding hydrogens is 261 g/mol. The summed E-state index contributed by atoms with van der Waals surface area (Å²) in [4.78, 5) is 12.1. The van der Waals surface area contributed by atoms with Gasteiger partial charge in [-0.3, -0.25) is 4.79 Å². The van der Waals surface area contributed by atoms with Crippen LogP contribution < -0.4 is 10.1 Å². The smallest absolute Gasteiger partial charge is 0.265 e. The number of rotatable bonds is 2. The molecule has 1 amide bonds. The SMILES string of the molecule is COc1ccc(F)c(C2(O)C(=O)Nc3ccccc32)c1. The first-order valence-corrected chi connectivity index (χ1v) is 6.04. The van der Waals surface area contributed by atoms with Crippen molar-refractivity contribution in [2.75, 3.05) is 12.4 Å². The molecular formula is C15H12FNO3. The van der Waals surface area contributed by atoms with Crippen LogP contribution in [0.4, 0.5) is 10.1 Å². The third kappa shape index (κ3) is 1.60. The van der Waals surface area contributed by atoms with Crippen LogP contribution in [0.25, 0.3) is 0 Å². The van der Waals surface area contributed by atoms with Gasteiger partial charge < -0.3 is 15.2 Å². The first-order valence-electron chi connectivity index (χ1n) is 6.04. The van der Waals surface area contributed by atoms with Crippen LogP contribution in [0.3, 0.4) is 0 Å². The van der Waals surface area contributed by atoms with E-state index in [1.165, 1.54) is 25.3 Å². The highest BCUT2D eigenvalue weighted by Gasteiger charge is 2.48. The molecule has 5 heteroatoms. The van der Waals surface area contributed by atoms with E-state index in [1.54, 1.807) is 24.3 Å². The first kappa shape index (κ1) is 12.6. The average molecular weight is 273 g/mol. The molecule has 0 aromatic heterocycles. The second kappa shape index (κ2) is 4.31. The van der Waals surface area contributed by atoms with Crippen LogP contribution in [-0.2, 0) is 10.4 Å².